The molecule has 2 fully saturated rings. The highest BCUT2D eigenvalue weighted by Crippen LogP contribution is 2.49. The SMILES string of the molecule is Nc1ncc(-c2cc3n(n2)CCO[C@@]32CCN(C(c3ncc[nH]3)C3CC3)C2)cc1C(F)(F)F. The minimum atomic E-state index is -4.58. The van der Waals surface area contributed by atoms with Crippen molar-refractivity contribution >= 4 is 5.82 Å². The highest BCUT2D eigenvalue weighted by Gasteiger charge is 2.50. The fourth-order valence-electron chi connectivity index (χ4n) is 5.26. The number of imidazole rings is 1. The number of hydrogen-bond acceptors (Lipinski definition) is 6. The first-order valence-electron chi connectivity index (χ1n) is 11.1. The van der Waals surface area contributed by atoms with Crippen LogP contribution in [0.4, 0.5) is 19.0 Å². The van der Waals surface area contributed by atoms with Crippen LogP contribution in [0.15, 0.2) is 30.7 Å². The lowest BCUT2D eigenvalue weighted by Gasteiger charge is -2.35. The zero-order chi connectivity index (χ0) is 22.8. The molecule has 33 heavy (non-hydrogen) atoms. The topological polar surface area (TPSA) is 97.9 Å². The van der Waals surface area contributed by atoms with Gasteiger partial charge in [0.2, 0.25) is 0 Å². The number of likely N-dealkylation sites (tertiary alicyclic amines) is 1. The Morgan fingerprint density at radius 2 is 2.06 bits per heavy atom. The number of nitrogens with two attached hydrogens (primary N) is 1. The Balaban J connectivity index is 1.33. The summed E-state index contributed by atoms with van der Waals surface area (Å²) in [7, 11) is 0. The lowest BCUT2D eigenvalue weighted by Crippen LogP contribution is -2.41. The molecule has 0 aromatic carbocycles. The number of nitrogen functional groups attached to an aromatic ring is 1. The van der Waals surface area contributed by atoms with Gasteiger partial charge in [0, 0.05) is 37.2 Å². The number of ether oxygens (including phenoxy) is 1. The van der Waals surface area contributed by atoms with E-state index < -0.39 is 23.2 Å². The number of nitrogens with one attached hydrogen (secondary N) is 1. The maximum atomic E-state index is 13.3. The molecule has 1 unspecified atom stereocenters. The van der Waals surface area contributed by atoms with Crippen molar-refractivity contribution in [1.29, 1.82) is 0 Å². The molecule has 1 aliphatic carbocycles. The van der Waals surface area contributed by atoms with Crippen LogP contribution in [0.2, 0.25) is 0 Å². The smallest absolute Gasteiger partial charge is 0.383 e. The van der Waals surface area contributed by atoms with Gasteiger partial charge >= 0.3 is 6.18 Å². The van der Waals surface area contributed by atoms with Crippen LogP contribution in [0.3, 0.4) is 0 Å². The number of halogens is 3. The summed E-state index contributed by atoms with van der Waals surface area (Å²) in [5.74, 6) is 1.02. The summed E-state index contributed by atoms with van der Waals surface area (Å²) in [6.45, 7) is 2.60. The first-order chi connectivity index (χ1) is 15.8. The Bertz CT molecular complexity index is 1170. The van der Waals surface area contributed by atoms with Crippen molar-refractivity contribution in [2.75, 3.05) is 25.4 Å². The number of fused-ring (bicyclic) bond motifs is 2. The second kappa shape index (κ2) is 7.29. The number of rotatable bonds is 4. The average Bonchev–Trinajstić information content (AvgIpc) is 3.16. The Labute approximate surface area is 188 Å². The molecular weight excluding hydrogens is 435 g/mol. The van der Waals surface area contributed by atoms with Crippen LogP contribution in [0.25, 0.3) is 11.3 Å². The lowest BCUT2D eigenvalue weighted by molar-refractivity contribution is -0.137. The Morgan fingerprint density at radius 3 is 2.79 bits per heavy atom. The molecule has 2 aliphatic heterocycles. The molecule has 3 aromatic heterocycles. The number of anilines is 1. The first-order valence-corrected chi connectivity index (χ1v) is 11.1. The molecule has 0 amide bonds. The molecule has 1 spiro atoms. The zero-order valence-electron chi connectivity index (χ0n) is 17.8. The summed E-state index contributed by atoms with van der Waals surface area (Å²) in [4.78, 5) is 14.0. The maximum Gasteiger partial charge on any atom is 0.419 e. The van der Waals surface area contributed by atoms with Gasteiger partial charge in [0.15, 0.2) is 0 Å². The molecular formula is C22H24F3N7O. The highest BCUT2D eigenvalue weighted by atomic mass is 19.4. The number of aromatic nitrogens is 5. The van der Waals surface area contributed by atoms with Gasteiger partial charge in [-0.3, -0.25) is 9.58 Å². The van der Waals surface area contributed by atoms with Gasteiger partial charge in [0.25, 0.3) is 0 Å². The van der Waals surface area contributed by atoms with E-state index in [4.69, 9.17) is 10.5 Å². The fourth-order valence-corrected chi connectivity index (χ4v) is 5.26. The molecule has 2 atom stereocenters. The van der Waals surface area contributed by atoms with Gasteiger partial charge < -0.3 is 15.5 Å². The third-order valence-electron chi connectivity index (χ3n) is 6.97. The molecule has 0 radical (unpaired) electrons. The predicted octanol–water partition coefficient (Wildman–Crippen LogP) is 3.35. The van der Waals surface area contributed by atoms with E-state index >= 15 is 0 Å². The second-order valence-corrected chi connectivity index (χ2v) is 9.11. The number of pyridine rings is 1. The van der Waals surface area contributed by atoms with Gasteiger partial charge in [-0.25, -0.2) is 9.97 Å². The molecule has 0 bridgehead atoms. The van der Waals surface area contributed by atoms with Crippen molar-refractivity contribution in [2.24, 2.45) is 5.92 Å². The predicted molar refractivity (Wildman–Crippen MR) is 113 cm³/mol. The monoisotopic (exact) mass is 459 g/mol. The summed E-state index contributed by atoms with van der Waals surface area (Å²) in [6.07, 6.45) is 3.55. The van der Waals surface area contributed by atoms with Gasteiger partial charge in [-0.15, -0.1) is 0 Å². The van der Waals surface area contributed by atoms with Crippen molar-refractivity contribution in [2.45, 2.75) is 43.6 Å². The molecule has 3 N–H and O–H groups in total. The molecule has 6 rings (SSSR count). The van der Waals surface area contributed by atoms with E-state index in [-0.39, 0.29) is 11.6 Å². The number of aromatic amines is 1. The van der Waals surface area contributed by atoms with Crippen molar-refractivity contribution in [3.8, 4) is 11.3 Å². The molecule has 5 heterocycles. The molecule has 3 aromatic rings. The molecule has 1 saturated carbocycles. The van der Waals surface area contributed by atoms with E-state index in [0.717, 1.165) is 30.6 Å². The van der Waals surface area contributed by atoms with Crippen molar-refractivity contribution in [1.82, 2.24) is 29.6 Å². The normalized spacial score (nSPS) is 24.3. The molecule has 3 aliphatic rings. The van der Waals surface area contributed by atoms with Crippen molar-refractivity contribution in [3.63, 3.8) is 0 Å². The van der Waals surface area contributed by atoms with Gasteiger partial charge in [-0.05, 0) is 37.3 Å². The van der Waals surface area contributed by atoms with Crippen LogP contribution in [0, 0.1) is 5.92 Å². The molecule has 8 nitrogen and oxygen atoms in total. The van der Waals surface area contributed by atoms with Crippen molar-refractivity contribution < 1.29 is 17.9 Å². The van der Waals surface area contributed by atoms with Crippen LogP contribution >= 0.6 is 0 Å². The van der Waals surface area contributed by atoms with E-state index in [2.05, 4.69) is 25.0 Å². The lowest BCUT2D eigenvalue weighted by atomic mass is 9.96. The van der Waals surface area contributed by atoms with E-state index in [1.807, 2.05) is 16.9 Å². The molecule has 11 heteroatoms. The van der Waals surface area contributed by atoms with Crippen LogP contribution in [0.5, 0.6) is 0 Å². The molecule has 1 saturated heterocycles. The summed E-state index contributed by atoms with van der Waals surface area (Å²) >= 11 is 0. The highest BCUT2D eigenvalue weighted by molar-refractivity contribution is 5.63. The van der Waals surface area contributed by atoms with Gasteiger partial charge in [-0.2, -0.15) is 18.3 Å². The first kappa shape index (κ1) is 20.7. The Morgan fingerprint density at radius 1 is 1.21 bits per heavy atom. The van der Waals surface area contributed by atoms with Gasteiger partial charge in [-0.1, -0.05) is 0 Å². The average molecular weight is 459 g/mol. The number of nitrogens with zero attached hydrogens (tertiary/aromatic N) is 5. The number of alkyl halides is 3. The third-order valence-corrected chi connectivity index (χ3v) is 6.97. The summed E-state index contributed by atoms with van der Waals surface area (Å²) < 4.78 is 48.2. The van der Waals surface area contributed by atoms with E-state index in [1.54, 1.807) is 6.20 Å². The fraction of sp³-hybridized carbons (Fsp3) is 0.500. The Kier molecular flexibility index (Phi) is 4.57. The molecule has 174 valence electrons. The van der Waals surface area contributed by atoms with Crippen LogP contribution < -0.4 is 5.73 Å². The maximum absolute atomic E-state index is 13.3. The minimum Gasteiger partial charge on any atom is -0.383 e. The summed E-state index contributed by atoms with van der Waals surface area (Å²) in [6, 6.07) is 3.08. The summed E-state index contributed by atoms with van der Waals surface area (Å²) in [5.41, 5.74) is 5.60. The summed E-state index contributed by atoms with van der Waals surface area (Å²) in [5, 5.41) is 4.61. The van der Waals surface area contributed by atoms with Gasteiger partial charge in [0.05, 0.1) is 36.1 Å². The van der Waals surface area contributed by atoms with Crippen LogP contribution in [-0.4, -0.2) is 49.3 Å². The van der Waals surface area contributed by atoms with E-state index in [9.17, 15) is 13.2 Å². The van der Waals surface area contributed by atoms with Crippen molar-refractivity contribution in [3.05, 3.63) is 47.8 Å². The van der Waals surface area contributed by atoms with E-state index in [1.165, 1.54) is 19.0 Å². The standard InChI is InChI=1S/C22H24F3N7O/c23-22(24,25)15-9-14(11-29-19(15)26)16-10-17-21(33-8-7-32(17)30-16)3-6-31(12-21)18(13-1-2-13)20-27-4-5-28-20/h4-5,9-11,13,18H,1-3,6-8,12H2,(H2,26,29)(H,27,28)/t18?,21-/m1/s1. The van der Waals surface area contributed by atoms with E-state index in [0.29, 0.717) is 31.3 Å². The largest absolute Gasteiger partial charge is 0.419 e. The van der Waals surface area contributed by atoms with Gasteiger partial charge in [0.1, 0.15) is 17.2 Å². The quantitative estimate of drug-likeness (QED) is 0.621. The second-order valence-electron chi connectivity index (χ2n) is 9.11. The minimum absolute atomic E-state index is 0.219. The number of hydrogen-bond donors (Lipinski definition) is 2. The number of H-pyrrole nitrogens is 1. The Hall–Kier alpha value is -2.92. The zero-order valence-corrected chi connectivity index (χ0v) is 17.8. The van der Waals surface area contributed by atoms with Crippen LogP contribution in [0.1, 0.15) is 42.4 Å². The third kappa shape index (κ3) is 3.50. The van der Waals surface area contributed by atoms with Crippen LogP contribution in [-0.2, 0) is 23.1 Å².